The first kappa shape index (κ1) is 17.9. The van der Waals surface area contributed by atoms with Gasteiger partial charge in [0.05, 0.1) is 10.2 Å². The molecule has 138 valence electrons. The van der Waals surface area contributed by atoms with Crippen LogP contribution >= 0.6 is 11.3 Å². The maximum absolute atomic E-state index is 12.1. The molecule has 0 saturated heterocycles. The third-order valence-electron chi connectivity index (χ3n) is 4.08. The highest BCUT2D eigenvalue weighted by Crippen LogP contribution is 2.23. The van der Waals surface area contributed by atoms with E-state index in [1.54, 1.807) is 6.08 Å². The van der Waals surface area contributed by atoms with Crippen LogP contribution in [0.15, 0.2) is 72.8 Å². The molecule has 4 rings (SSSR count). The van der Waals surface area contributed by atoms with Crippen LogP contribution in [0.2, 0.25) is 0 Å². The first-order valence-electron chi connectivity index (χ1n) is 8.67. The lowest BCUT2D eigenvalue weighted by Crippen LogP contribution is -2.20. The Morgan fingerprint density at radius 2 is 1.79 bits per heavy atom. The molecule has 1 N–H and O–H groups in total. The number of ether oxygens (including phenoxy) is 1. The van der Waals surface area contributed by atoms with Gasteiger partial charge in [-0.05, 0) is 29.7 Å². The van der Waals surface area contributed by atoms with Crippen molar-refractivity contribution < 1.29 is 14.3 Å². The van der Waals surface area contributed by atoms with Gasteiger partial charge in [-0.15, -0.1) is 11.3 Å². The van der Waals surface area contributed by atoms with Gasteiger partial charge in [-0.3, -0.25) is 4.79 Å². The summed E-state index contributed by atoms with van der Waals surface area (Å²) in [5.41, 5.74) is 1.57. The van der Waals surface area contributed by atoms with Crippen molar-refractivity contribution in [2.24, 2.45) is 0 Å². The summed E-state index contributed by atoms with van der Waals surface area (Å²) in [4.78, 5) is 28.4. The van der Waals surface area contributed by atoms with Gasteiger partial charge in [0.1, 0.15) is 5.01 Å². The topological polar surface area (TPSA) is 68.3 Å². The van der Waals surface area contributed by atoms with Crippen LogP contribution in [0.25, 0.3) is 27.1 Å². The molecule has 4 aromatic rings. The Morgan fingerprint density at radius 3 is 2.68 bits per heavy atom. The minimum Gasteiger partial charge on any atom is -0.452 e. The number of anilines is 1. The van der Waals surface area contributed by atoms with E-state index in [9.17, 15) is 9.59 Å². The highest BCUT2D eigenvalue weighted by Gasteiger charge is 2.08. The van der Waals surface area contributed by atoms with Gasteiger partial charge in [0.25, 0.3) is 5.91 Å². The third kappa shape index (κ3) is 4.07. The van der Waals surface area contributed by atoms with E-state index < -0.39 is 11.9 Å². The van der Waals surface area contributed by atoms with E-state index in [0.29, 0.717) is 10.7 Å². The number of carbonyl (C=O) groups is 2. The predicted octanol–water partition coefficient (Wildman–Crippen LogP) is 4.64. The van der Waals surface area contributed by atoms with E-state index >= 15 is 0 Å². The molecule has 28 heavy (non-hydrogen) atoms. The Balaban J connectivity index is 1.34. The normalized spacial score (nSPS) is 11.1. The zero-order chi connectivity index (χ0) is 19.3. The Hall–Kier alpha value is -3.51. The second-order valence-corrected chi connectivity index (χ2v) is 7.10. The van der Waals surface area contributed by atoms with Crippen molar-refractivity contribution in [2.45, 2.75) is 0 Å². The number of hydrogen-bond donors (Lipinski definition) is 1. The fraction of sp³-hybridized carbons (Fsp3) is 0.0455. The van der Waals surface area contributed by atoms with Gasteiger partial charge < -0.3 is 10.1 Å². The first-order valence-corrected chi connectivity index (χ1v) is 9.49. The number of rotatable bonds is 5. The highest BCUT2D eigenvalue weighted by atomic mass is 32.1. The SMILES string of the molecule is O=C(COC(=O)C=Cc1nc2ccccc2s1)Nc1cccc2ccccc12. The molecule has 0 bridgehead atoms. The van der Waals surface area contributed by atoms with Gasteiger partial charge in [0.15, 0.2) is 6.61 Å². The van der Waals surface area contributed by atoms with Crippen molar-refractivity contribution in [3.8, 4) is 0 Å². The summed E-state index contributed by atoms with van der Waals surface area (Å²) in [5.74, 6) is -0.981. The highest BCUT2D eigenvalue weighted by molar-refractivity contribution is 7.19. The molecule has 1 aromatic heterocycles. The molecule has 0 fully saturated rings. The molecule has 6 heteroatoms. The summed E-state index contributed by atoms with van der Waals surface area (Å²) >= 11 is 1.48. The summed E-state index contributed by atoms with van der Waals surface area (Å²) in [7, 11) is 0. The molecule has 3 aromatic carbocycles. The molecule has 5 nitrogen and oxygen atoms in total. The number of hydrogen-bond acceptors (Lipinski definition) is 5. The number of fused-ring (bicyclic) bond motifs is 2. The number of esters is 1. The van der Waals surface area contributed by atoms with Gasteiger partial charge >= 0.3 is 5.97 Å². The van der Waals surface area contributed by atoms with Crippen LogP contribution < -0.4 is 5.32 Å². The number of thiazole rings is 1. The quantitative estimate of drug-likeness (QED) is 0.399. The molecule has 0 aliphatic rings. The van der Waals surface area contributed by atoms with Crippen molar-refractivity contribution in [2.75, 3.05) is 11.9 Å². The monoisotopic (exact) mass is 388 g/mol. The first-order chi connectivity index (χ1) is 13.7. The lowest BCUT2D eigenvalue weighted by atomic mass is 10.1. The molecule has 0 spiro atoms. The van der Waals surface area contributed by atoms with Gasteiger partial charge in [-0.25, -0.2) is 9.78 Å². The van der Waals surface area contributed by atoms with Crippen LogP contribution in [-0.4, -0.2) is 23.5 Å². The Labute approximate surface area is 165 Å². The number of nitrogens with zero attached hydrogens (tertiary/aromatic N) is 1. The largest absolute Gasteiger partial charge is 0.452 e. The van der Waals surface area contributed by atoms with Crippen LogP contribution in [0.4, 0.5) is 5.69 Å². The number of carbonyl (C=O) groups excluding carboxylic acids is 2. The van der Waals surface area contributed by atoms with Crippen molar-refractivity contribution in [3.63, 3.8) is 0 Å². The van der Waals surface area contributed by atoms with Gasteiger partial charge in [0, 0.05) is 17.1 Å². The maximum atomic E-state index is 12.1. The molecule has 1 heterocycles. The van der Waals surface area contributed by atoms with Gasteiger partial charge in [0.2, 0.25) is 0 Å². The van der Waals surface area contributed by atoms with E-state index in [2.05, 4.69) is 10.3 Å². The summed E-state index contributed by atoms with van der Waals surface area (Å²) in [6.07, 6.45) is 2.87. The van der Waals surface area contributed by atoms with E-state index in [1.807, 2.05) is 66.7 Å². The maximum Gasteiger partial charge on any atom is 0.331 e. The molecular formula is C22H16N2O3S. The Morgan fingerprint density at radius 1 is 1.00 bits per heavy atom. The fourth-order valence-electron chi connectivity index (χ4n) is 2.81. The molecule has 0 aliphatic heterocycles. The van der Waals surface area contributed by atoms with Crippen molar-refractivity contribution in [3.05, 3.63) is 77.8 Å². The van der Waals surface area contributed by atoms with Crippen molar-refractivity contribution >= 4 is 56.0 Å². The van der Waals surface area contributed by atoms with E-state index in [0.717, 1.165) is 21.0 Å². The van der Waals surface area contributed by atoms with Gasteiger partial charge in [-0.2, -0.15) is 0 Å². The van der Waals surface area contributed by atoms with Crippen LogP contribution in [0.3, 0.4) is 0 Å². The van der Waals surface area contributed by atoms with E-state index in [1.165, 1.54) is 17.4 Å². The molecule has 0 saturated carbocycles. The van der Waals surface area contributed by atoms with Crippen LogP contribution in [0.1, 0.15) is 5.01 Å². The lowest BCUT2D eigenvalue weighted by Gasteiger charge is -2.08. The second-order valence-electron chi connectivity index (χ2n) is 6.04. The number of amides is 1. The molecule has 0 unspecified atom stereocenters. The molecule has 1 amide bonds. The van der Waals surface area contributed by atoms with E-state index in [-0.39, 0.29) is 6.61 Å². The van der Waals surface area contributed by atoms with Crippen LogP contribution in [-0.2, 0) is 14.3 Å². The number of nitrogens with one attached hydrogen (secondary N) is 1. The summed E-state index contributed by atoms with van der Waals surface area (Å²) < 4.78 is 6.07. The van der Waals surface area contributed by atoms with E-state index in [4.69, 9.17) is 4.74 Å². The molecular weight excluding hydrogens is 372 g/mol. The Kier molecular flexibility index (Phi) is 5.12. The van der Waals surface area contributed by atoms with Crippen molar-refractivity contribution in [1.82, 2.24) is 4.98 Å². The second kappa shape index (κ2) is 8.02. The average Bonchev–Trinajstić information content (AvgIpc) is 3.14. The number of para-hydroxylation sites is 1. The van der Waals surface area contributed by atoms with Crippen molar-refractivity contribution in [1.29, 1.82) is 0 Å². The summed E-state index contributed by atoms with van der Waals surface area (Å²) in [6.45, 7) is -0.355. The van der Waals surface area contributed by atoms with Gasteiger partial charge in [-0.1, -0.05) is 48.5 Å². The standard InChI is InChI=1S/C22H16N2O3S/c25-20(23-17-10-5-7-15-6-1-2-8-16(15)17)14-27-22(26)13-12-21-24-18-9-3-4-11-19(18)28-21/h1-13H,14H2,(H,23,25). The fourth-order valence-corrected chi connectivity index (χ4v) is 3.68. The minimum atomic E-state index is -0.590. The van der Waals surface area contributed by atoms with Crippen LogP contribution in [0.5, 0.6) is 0 Å². The Bertz CT molecular complexity index is 1160. The van der Waals surface area contributed by atoms with Crippen LogP contribution in [0, 0.1) is 0 Å². The molecule has 0 radical (unpaired) electrons. The third-order valence-corrected chi connectivity index (χ3v) is 5.08. The zero-order valence-corrected chi connectivity index (χ0v) is 15.6. The zero-order valence-electron chi connectivity index (χ0n) is 14.8. The summed E-state index contributed by atoms with van der Waals surface area (Å²) in [6, 6.07) is 21.1. The average molecular weight is 388 g/mol. The number of aromatic nitrogens is 1. The summed E-state index contributed by atoms with van der Waals surface area (Å²) in [5, 5.41) is 5.44. The molecule has 0 aliphatic carbocycles. The minimum absolute atomic E-state index is 0.355. The number of benzene rings is 3. The molecule has 0 atom stereocenters. The smallest absolute Gasteiger partial charge is 0.331 e. The lowest BCUT2D eigenvalue weighted by molar-refractivity contribution is -0.142. The predicted molar refractivity (Wildman–Crippen MR) is 112 cm³/mol.